The van der Waals surface area contributed by atoms with E-state index >= 15 is 0 Å². The molecule has 5 heteroatoms. The molecule has 1 aromatic carbocycles. The van der Waals surface area contributed by atoms with E-state index in [1.165, 1.54) is 0 Å². The van der Waals surface area contributed by atoms with E-state index in [2.05, 4.69) is 10.8 Å². The second-order valence-electron chi connectivity index (χ2n) is 4.82. The number of hydrogen-bond acceptors (Lipinski definition) is 3. The molecule has 1 fully saturated rings. The van der Waals surface area contributed by atoms with E-state index in [0.29, 0.717) is 12.8 Å². The van der Waals surface area contributed by atoms with Crippen LogP contribution < -0.4 is 4.72 Å². The molecule has 1 aliphatic rings. The Morgan fingerprint density at radius 2 is 1.78 bits per heavy atom. The van der Waals surface area contributed by atoms with Gasteiger partial charge in [-0.25, -0.2) is 8.42 Å². The fourth-order valence-corrected chi connectivity index (χ4v) is 3.63. The minimum atomic E-state index is -3.60. The summed E-state index contributed by atoms with van der Waals surface area (Å²) in [6, 6.07) is 8.76. The second-order valence-corrected chi connectivity index (χ2v) is 6.50. The van der Waals surface area contributed by atoms with Gasteiger partial charge in [-0.05, 0) is 31.9 Å². The van der Waals surface area contributed by atoms with Crippen molar-refractivity contribution in [2.45, 2.75) is 43.0 Å². The van der Waals surface area contributed by atoms with Crippen LogP contribution in [0.25, 0.3) is 0 Å². The summed E-state index contributed by atoms with van der Waals surface area (Å²) < 4.78 is 27.0. The SMILES string of the molecule is Cc1ccc(S(=O)(=O)NC2(C#N)CCCC2)cc1. The minimum absolute atomic E-state index is 0.217. The molecule has 1 aliphatic carbocycles. The molecule has 0 atom stereocenters. The first-order valence-corrected chi connectivity index (χ1v) is 7.48. The van der Waals surface area contributed by atoms with E-state index in [-0.39, 0.29) is 4.90 Å². The predicted octanol–water partition coefficient (Wildman–Crippen LogP) is 2.11. The van der Waals surface area contributed by atoms with Crippen LogP contribution in [0.3, 0.4) is 0 Å². The first kappa shape index (κ1) is 13.1. The lowest BCUT2D eigenvalue weighted by atomic mass is 10.0. The van der Waals surface area contributed by atoms with E-state index in [9.17, 15) is 13.7 Å². The Morgan fingerprint density at radius 1 is 1.22 bits per heavy atom. The molecule has 0 spiro atoms. The molecule has 0 radical (unpaired) electrons. The lowest BCUT2D eigenvalue weighted by Gasteiger charge is -2.21. The highest BCUT2D eigenvalue weighted by Crippen LogP contribution is 2.30. The molecule has 0 amide bonds. The van der Waals surface area contributed by atoms with Gasteiger partial charge >= 0.3 is 0 Å². The molecule has 18 heavy (non-hydrogen) atoms. The van der Waals surface area contributed by atoms with Gasteiger partial charge in [0.15, 0.2) is 0 Å². The Morgan fingerprint density at radius 3 is 2.28 bits per heavy atom. The lowest BCUT2D eigenvalue weighted by molar-refractivity contribution is 0.485. The minimum Gasteiger partial charge on any atom is -0.207 e. The Bertz CT molecular complexity index is 564. The Balaban J connectivity index is 2.27. The molecular formula is C13H16N2O2S. The summed E-state index contributed by atoms with van der Waals surface area (Å²) in [4.78, 5) is 0.217. The van der Waals surface area contributed by atoms with Crippen LogP contribution in [-0.4, -0.2) is 14.0 Å². The average Bonchev–Trinajstić information content (AvgIpc) is 2.78. The molecule has 0 unspecified atom stereocenters. The number of nitrogens with one attached hydrogen (secondary N) is 1. The first-order chi connectivity index (χ1) is 8.47. The maximum absolute atomic E-state index is 12.2. The number of nitriles is 1. The molecule has 2 rings (SSSR count). The van der Waals surface area contributed by atoms with Gasteiger partial charge in [0.25, 0.3) is 0 Å². The molecule has 0 aliphatic heterocycles. The molecule has 0 heterocycles. The number of rotatable bonds is 3. The van der Waals surface area contributed by atoms with Crippen molar-refractivity contribution >= 4 is 10.0 Å². The Hall–Kier alpha value is -1.38. The topological polar surface area (TPSA) is 70.0 Å². The molecular weight excluding hydrogens is 248 g/mol. The summed E-state index contributed by atoms with van der Waals surface area (Å²) in [5.41, 5.74) is 0.0915. The van der Waals surface area contributed by atoms with Gasteiger partial charge in [0.05, 0.1) is 11.0 Å². The fourth-order valence-electron chi connectivity index (χ4n) is 2.25. The third-order valence-corrected chi connectivity index (χ3v) is 4.88. The standard InChI is InChI=1S/C13H16N2O2S/c1-11-4-6-12(7-5-11)18(16,17)15-13(10-14)8-2-3-9-13/h4-7,15H,2-3,8-9H2,1H3. The summed E-state index contributed by atoms with van der Waals surface area (Å²) >= 11 is 0. The van der Waals surface area contributed by atoms with Crippen molar-refractivity contribution in [3.05, 3.63) is 29.8 Å². The van der Waals surface area contributed by atoms with Crippen LogP contribution in [-0.2, 0) is 10.0 Å². The van der Waals surface area contributed by atoms with Gasteiger partial charge in [0.1, 0.15) is 5.54 Å². The number of aryl methyl sites for hydroxylation is 1. The average molecular weight is 264 g/mol. The van der Waals surface area contributed by atoms with Crippen LogP contribution in [0.15, 0.2) is 29.2 Å². The summed E-state index contributed by atoms with van der Waals surface area (Å²) in [6.07, 6.45) is 2.97. The molecule has 1 saturated carbocycles. The van der Waals surface area contributed by atoms with E-state index in [0.717, 1.165) is 18.4 Å². The highest BCUT2D eigenvalue weighted by atomic mass is 32.2. The van der Waals surface area contributed by atoms with E-state index in [1.54, 1.807) is 24.3 Å². The lowest BCUT2D eigenvalue weighted by Crippen LogP contribution is -2.44. The molecule has 96 valence electrons. The van der Waals surface area contributed by atoms with Crippen LogP contribution in [0.5, 0.6) is 0 Å². The van der Waals surface area contributed by atoms with Crippen molar-refractivity contribution in [3.63, 3.8) is 0 Å². The highest BCUT2D eigenvalue weighted by Gasteiger charge is 2.38. The zero-order chi connectivity index (χ0) is 13.2. The van der Waals surface area contributed by atoms with Gasteiger partial charge in [0.2, 0.25) is 10.0 Å². The van der Waals surface area contributed by atoms with Crippen molar-refractivity contribution in [2.24, 2.45) is 0 Å². The third kappa shape index (κ3) is 2.55. The van der Waals surface area contributed by atoms with Gasteiger partial charge in [-0.15, -0.1) is 0 Å². The molecule has 1 aromatic rings. The molecule has 0 bridgehead atoms. The normalized spacial score (nSPS) is 18.4. The van der Waals surface area contributed by atoms with Gasteiger partial charge in [-0.3, -0.25) is 0 Å². The maximum atomic E-state index is 12.2. The summed E-state index contributed by atoms with van der Waals surface area (Å²) in [6.45, 7) is 1.90. The monoisotopic (exact) mass is 264 g/mol. The zero-order valence-corrected chi connectivity index (χ0v) is 11.1. The van der Waals surface area contributed by atoms with E-state index in [4.69, 9.17) is 0 Å². The number of hydrogen-bond donors (Lipinski definition) is 1. The quantitative estimate of drug-likeness (QED) is 0.909. The molecule has 0 saturated heterocycles. The van der Waals surface area contributed by atoms with Crippen LogP contribution in [0, 0.1) is 18.3 Å². The highest BCUT2D eigenvalue weighted by molar-refractivity contribution is 7.89. The molecule has 4 nitrogen and oxygen atoms in total. The van der Waals surface area contributed by atoms with E-state index in [1.807, 2.05) is 6.92 Å². The number of nitrogens with zero attached hydrogens (tertiary/aromatic N) is 1. The first-order valence-electron chi connectivity index (χ1n) is 5.99. The van der Waals surface area contributed by atoms with Crippen molar-refractivity contribution in [1.82, 2.24) is 4.72 Å². The van der Waals surface area contributed by atoms with Crippen LogP contribution in [0.1, 0.15) is 31.2 Å². The maximum Gasteiger partial charge on any atom is 0.241 e. The number of benzene rings is 1. The summed E-state index contributed by atoms with van der Waals surface area (Å²) in [5, 5.41) is 9.19. The van der Waals surface area contributed by atoms with Crippen molar-refractivity contribution in [1.29, 1.82) is 5.26 Å². The van der Waals surface area contributed by atoms with Crippen molar-refractivity contribution < 1.29 is 8.42 Å². The van der Waals surface area contributed by atoms with Gasteiger partial charge in [-0.2, -0.15) is 9.98 Å². The Kier molecular flexibility index (Phi) is 3.42. The van der Waals surface area contributed by atoms with Crippen LogP contribution in [0.2, 0.25) is 0 Å². The van der Waals surface area contributed by atoms with Crippen molar-refractivity contribution in [2.75, 3.05) is 0 Å². The second kappa shape index (κ2) is 4.71. The molecule has 1 N–H and O–H groups in total. The third-order valence-electron chi connectivity index (χ3n) is 3.33. The predicted molar refractivity (Wildman–Crippen MR) is 68.3 cm³/mol. The summed E-state index contributed by atoms with van der Waals surface area (Å²) in [5.74, 6) is 0. The fraction of sp³-hybridized carbons (Fsp3) is 0.462. The summed E-state index contributed by atoms with van der Waals surface area (Å²) in [7, 11) is -3.60. The van der Waals surface area contributed by atoms with Crippen LogP contribution in [0.4, 0.5) is 0 Å². The van der Waals surface area contributed by atoms with Crippen LogP contribution >= 0.6 is 0 Å². The number of sulfonamides is 1. The zero-order valence-electron chi connectivity index (χ0n) is 10.3. The van der Waals surface area contributed by atoms with Gasteiger partial charge in [0, 0.05) is 0 Å². The largest absolute Gasteiger partial charge is 0.241 e. The smallest absolute Gasteiger partial charge is 0.207 e. The Labute approximate surface area is 108 Å². The van der Waals surface area contributed by atoms with Crippen molar-refractivity contribution in [3.8, 4) is 6.07 Å². The van der Waals surface area contributed by atoms with Gasteiger partial charge in [-0.1, -0.05) is 30.5 Å². The van der Waals surface area contributed by atoms with Gasteiger partial charge < -0.3 is 0 Å². The molecule has 0 aromatic heterocycles. The van der Waals surface area contributed by atoms with E-state index < -0.39 is 15.6 Å².